The van der Waals surface area contributed by atoms with E-state index in [1.165, 1.54) is 0 Å². The van der Waals surface area contributed by atoms with Crippen LogP contribution in [0.5, 0.6) is 5.75 Å². The molecule has 0 radical (unpaired) electrons. The van der Waals surface area contributed by atoms with Crippen molar-refractivity contribution >= 4 is 11.9 Å². The Labute approximate surface area is 194 Å². The molecule has 1 N–H and O–H groups in total. The molecule has 1 aromatic heterocycles. The van der Waals surface area contributed by atoms with Gasteiger partial charge in [-0.25, -0.2) is 4.79 Å². The summed E-state index contributed by atoms with van der Waals surface area (Å²) < 4.78 is 18.1. The quantitative estimate of drug-likeness (QED) is 0.646. The normalized spacial score (nSPS) is 18.2. The van der Waals surface area contributed by atoms with E-state index >= 15 is 0 Å². The SMILES string of the molecule is CCn1nc(C[C@@H](C)COC(=O)c2ccc(OC)cc2)c2c1C(=O)NCC1(CCOCC1)C2. The van der Waals surface area contributed by atoms with Gasteiger partial charge >= 0.3 is 5.97 Å². The van der Waals surface area contributed by atoms with Gasteiger partial charge in [-0.2, -0.15) is 5.10 Å². The number of esters is 1. The summed E-state index contributed by atoms with van der Waals surface area (Å²) in [4.78, 5) is 25.4. The molecule has 0 aliphatic carbocycles. The van der Waals surface area contributed by atoms with Crippen LogP contribution < -0.4 is 10.1 Å². The number of nitrogens with zero attached hydrogens (tertiary/aromatic N) is 2. The highest BCUT2D eigenvalue weighted by Crippen LogP contribution is 2.38. The van der Waals surface area contributed by atoms with Crippen molar-refractivity contribution in [3.05, 3.63) is 46.8 Å². The van der Waals surface area contributed by atoms with Crippen LogP contribution in [0, 0.1) is 11.3 Å². The van der Waals surface area contributed by atoms with Crippen LogP contribution in [0.15, 0.2) is 24.3 Å². The molecule has 1 aromatic carbocycles. The summed E-state index contributed by atoms with van der Waals surface area (Å²) in [7, 11) is 1.59. The molecule has 4 rings (SSSR count). The van der Waals surface area contributed by atoms with E-state index in [9.17, 15) is 9.59 Å². The lowest BCUT2D eigenvalue weighted by atomic mass is 9.75. The van der Waals surface area contributed by atoms with Crippen molar-refractivity contribution in [3.63, 3.8) is 0 Å². The topological polar surface area (TPSA) is 91.7 Å². The summed E-state index contributed by atoms with van der Waals surface area (Å²) in [5.74, 6) is 0.349. The van der Waals surface area contributed by atoms with Gasteiger partial charge in [0.15, 0.2) is 0 Å². The molecule has 1 atom stereocenters. The van der Waals surface area contributed by atoms with Gasteiger partial charge in [-0.3, -0.25) is 9.48 Å². The van der Waals surface area contributed by atoms with Crippen LogP contribution in [0.25, 0.3) is 0 Å². The number of benzene rings is 1. The lowest BCUT2D eigenvalue weighted by Crippen LogP contribution is -2.40. The Morgan fingerprint density at radius 3 is 2.67 bits per heavy atom. The number of hydrogen-bond donors (Lipinski definition) is 1. The number of carbonyl (C=O) groups is 2. The van der Waals surface area contributed by atoms with Crippen LogP contribution in [-0.2, 0) is 28.9 Å². The zero-order chi connectivity index (χ0) is 23.4. The number of aromatic nitrogens is 2. The fraction of sp³-hybridized carbons (Fsp3) is 0.560. The van der Waals surface area contributed by atoms with Crippen molar-refractivity contribution in [1.29, 1.82) is 0 Å². The molecule has 1 fully saturated rings. The van der Waals surface area contributed by atoms with Crippen molar-refractivity contribution in [2.75, 3.05) is 33.5 Å². The number of hydrogen-bond acceptors (Lipinski definition) is 6. The second-order valence-corrected chi connectivity index (χ2v) is 9.20. The number of nitrogens with one attached hydrogen (secondary N) is 1. The molecule has 2 aliphatic heterocycles. The fourth-order valence-corrected chi connectivity index (χ4v) is 4.75. The Morgan fingerprint density at radius 2 is 2.00 bits per heavy atom. The van der Waals surface area contributed by atoms with Crippen LogP contribution >= 0.6 is 0 Å². The lowest BCUT2D eigenvalue weighted by molar-refractivity contribution is 0.0160. The van der Waals surface area contributed by atoms with Gasteiger partial charge in [0.05, 0.1) is 25.0 Å². The number of rotatable bonds is 7. The summed E-state index contributed by atoms with van der Waals surface area (Å²) in [6, 6.07) is 6.87. The number of amides is 1. The fourth-order valence-electron chi connectivity index (χ4n) is 4.75. The maximum Gasteiger partial charge on any atom is 0.338 e. The van der Waals surface area contributed by atoms with Crippen LogP contribution in [0.1, 0.15) is 58.8 Å². The van der Waals surface area contributed by atoms with Crippen molar-refractivity contribution in [1.82, 2.24) is 15.1 Å². The molecule has 8 heteroatoms. The Balaban J connectivity index is 1.47. The number of carbonyl (C=O) groups excluding carboxylic acids is 2. The van der Waals surface area contributed by atoms with Gasteiger partial charge in [0.1, 0.15) is 11.4 Å². The van der Waals surface area contributed by atoms with Gasteiger partial charge in [-0.05, 0) is 68.2 Å². The van der Waals surface area contributed by atoms with Crippen LogP contribution in [-0.4, -0.2) is 55.1 Å². The highest BCUT2D eigenvalue weighted by Gasteiger charge is 2.39. The van der Waals surface area contributed by atoms with Crippen molar-refractivity contribution in [3.8, 4) is 5.75 Å². The number of ether oxygens (including phenoxy) is 3. The third-order valence-electron chi connectivity index (χ3n) is 6.74. The molecule has 0 bridgehead atoms. The van der Waals surface area contributed by atoms with Crippen molar-refractivity contribution in [2.24, 2.45) is 11.3 Å². The minimum atomic E-state index is -0.358. The monoisotopic (exact) mass is 455 g/mol. The molecule has 1 saturated heterocycles. The zero-order valence-corrected chi connectivity index (χ0v) is 19.7. The van der Waals surface area contributed by atoms with Gasteiger partial charge < -0.3 is 19.5 Å². The van der Waals surface area contributed by atoms with Gasteiger partial charge in [-0.1, -0.05) is 6.92 Å². The van der Waals surface area contributed by atoms with Gasteiger partial charge in [0.2, 0.25) is 0 Å². The van der Waals surface area contributed by atoms with E-state index in [1.54, 1.807) is 31.4 Å². The molecule has 2 aliphatic rings. The molecule has 1 amide bonds. The molecule has 1 spiro atoms. The smallest absolute Gasteiger partial charge is 0.338 e. The second-order valence-electron chi connectivity index (χ2n) is 9.20. The molecule has 33 heavy (non-hydrogen) atoms. The molecular formula is C25H33N3O5. The van der Waals surface area contributed by atoms with E-state index in [0.29, 0.717) is 36.5 Å². The molecular weight excluding hydrogens is 422 g/mol. The lowest BCUT2D eigenvalue weighted by Gasteiger charge is -2.36. The minimum Gasteiger partial charge on any atom is -0.497 e. The average Bonchev–Trinajstić information content (AvgIpc) is 3.11. The average molecular weight is 456 g/mol. The first kappa shape index (κ1) is 23.3. The Bertz CT molecular complexity index is 992. The third kappa shape index (κ3) is 5.05. The van der Waals surface area contributed by atoms with Crippen LogP contribution in [0.4, 0.5) is 0 Å². The molecule has 2 aromatic rings. The number of methoxy groups -OCH3 is 1. The minimum absolute atomic E-state index is 0.0135. The highest BCUT2D eigenvalue weighted by molar-refractivity contribution is 5.94. The summed E-state index contributed by atoms with van der Waals surface area (Å²) >= 11 is 0. The maximum atomic E-state index is 12.9. The molecule has 8 nitrogen and oxygen atoms in total. The van der Waals surface area contributed by atoms with Crippen molar-refractivity contribution in [2.45, 2.75) is 46.1 Å². The number of fused-ring (bicyclic) bond motifs is 1. The first-order chi connectivity index (χ1) is 15.9. The predicted molar refractivity (Wildman–Crippen MR) is 123 cm³/mol. The molecule has 0 unspecified atom stereocenters. The summed E-state index contributed by atoms with van der Waals surface area (Å²) in [6.07, 6.45) is 3.32. The standard InChI is InChI=1S/C25H33N3O5/c1-4-28-22-20(14-25(16-26-23(22)29)9-11-32-12-10-25)21(27-28)13-17(2)15-33-24(30)18-5-7-19(31-3)8-6-18/h5-8,17H,4,9-16H2,1-3H3,(H,26,29)/t17-/m1/s1. The first-order valence-electron chi connectivity index (χ1n) is 11.7. The van der Waals surface area contributed by atoms with Crippen LogP contribution in [0.3, 0.4) is 0 Å². The van der Waals surface area contributed by atoms with E-state index in [0.717, 1.165) is 43.7 Å². The summed E-state index contributed by atoms with van der Waals surface area (Å²) in [6.45, 7) is 7.07. The highest BCUT2D eigenvalue weighted by atomic mass is 16.5. The zero-order valence-electron chi connectivity index (χ0n) is 19.7. The predicted octanol–water partition coefficient (Wildman–Crippen LogP) is 3.03. The maximum absolute atomic E-state index is 12.9. The summed E-state index contributed by atoms with van der Waals surface area (Å²) in [5, 5.41) is 7.93. The van der Waals surface area contributed by atoms with E-state index in [1.807, 2.05) is 18.5 Å². The first-order valence-corrected chi connectivity index (χ1v) is 11.7. The molecule has 0 saturated carbocycles. The Kier molecular flexibility index (Phi) is 7.02. The van der Waals surface area contributed by atoms with Gasteiger partial charge in [-0.15, -0.1) is 0 Å². The van der Waals surface area contributed by atoms with Gasteiger partial charge in [0, 0.05) is 31.9 Å². The van der Waals surface area contributed by atoms with E-state index < -0.39 is 0 Å². The van der Waals surface area contributed by atoms with E-state index in [-0.39, 0.29) is 29.8 Å². The third-order valence-corrected chi connectivity index (χ3v) is 6.74. The second kappa shape index (κ2) is 9.95. The Hall–Kier alpha value is -2.87. The summed E-state index contributed by atoms with van der Waals surface area (Å²) in [5.41, 5.74) is 3.16. The van der Waals surface area contributed by atoms with E-state index in [4.69, 9.17) is 19.3 Å². The van der Waals surface area contributed by atoms with Crippen molar-refractivity contribution < 1.29 is 23.8 Å². The van der Waals surface area contributed by atoms with Crippen LogP contribution in [0.2, 0.25) is 0 Å². The number of aryl methyl sites for hydroxylation is 1. The molecule has 178 valence electrons. The van der Waals surface area contributed by atoms with E-state index in [2.05, 4.69) is 5.32 Å². The Morgan fingerprint density at radius 1 is 1.27 bits per heavy atom. The molecule has 3 heterocycles. The largest absolute Gasteiger partial charge is 0.497 e. The van der Waals surface area contributed by atoms with Gasteiger partial charge in [0.25, 0.3) is 5.91 Å².